The van der Waals surface area contributed by atoms with E-state index < -0.39 is 12.0 Å². The molecule has 0 aliphatic carbocycles. The van der Waals surface area contributed by atoms with Crippen LogP contribution >= 0.6 is 39.3 Å². The number of rotatable bonds is 1. The number of carbonyl (C=O) groups is 1. The molecule has 2 aliphatic rings. The first-order chi connectivity index (χ1) is 12.5. The molecule has 1 amide bonds. The van der Waals surface area contributed by atoms with Gasteiger partial charge in [-0.15, -0.1) is 5.10 Å². The van der Waals surface area contributed by atoms with Gasteiger partial charge >= 0.3 is 0 Å². The van der Waals surface area contributed by atoms with Gasteiger partial charge < -0.3 is 0 Å². The van der Waals surface area contributed by atoms with Crippen LogP contribution in [0.3, 0.4) is 0 Å². The van der Waals surface area contributed by atoms with Crippen molar-refractivity contribution < 1.29 is 9.18 Å². The minimum absolute atomic E-state index is 0.180. The molecule has 132 valence electrons. The van der Waals surface area contributed by atoms with Gasteiger partial charge in [0.15, 0.2) is 11.3 Å². The van der Waals surface area contributed by atoms with Gasteiger partial charge in [-0.05, 0) is 36.6 Å². The summed E-state index contributed by atoms with van der Waals surface area (Å²) in [6, 6.07) is 9.81. The number of benzene rings is 2. The number of amides is 1. The zero-order valence-electron chi connectivity index (χ0n) is 13.3. The Morgan fingerprint density at radius 1 is 1.35 bits per heavy atom. The van der Waals surface area contributed by atoms with Gasteiger partial charge in [-0.2, -0.15) is 0 Å². The van der Waals surface area contributed by atoms with E-state index in [2.05, 4.69) is 31.3 Å². The van der Waals surface area contributed by atoms with Gasteiger partial charge in [-0.25, -0.2) is 9.40 Å². The standard InChI is InChI=1S/C17H11BrClFN4OS/c1-26-17-22-16(25)14-9-7-8(18)5-6-12(9)21-15(24(14)23-17)13-10(19)3-2-4-11(13)20/h2-7,15H,1H3,(H,22,23,25)/t15-/m0/s1. The minimum atomic E-state index is -0.874. The Balaban J connectivity index is 2.06. The first-order valence-corrected chi connectivity index (χ1v) is 9.94. The number of fused-ring (bicyclic) bond motifs is 2. The van der Waals surface area contributed by atoms with Crippen molar-refractivity contribution in [3.63, 3.8) is 0 Å². The Labute approximate surface area is 165 Å². The average Bonchev–Trinajstić information content (AvgIpc) is 2.61. The van der Waals surface area contributed by atoms with E-state index in [1.165, 1.54) is 28.9 Å². The van der Waals surface area contributed by atoms with Gasteiger partial charge in [0, 0.05) is 9.69 Å². The van der Waals surface area contributed by atoms with Gasteiger partial charge in [0.1, 0.15) is 11.5 Å². The van der Waals surface area contributed by atoms with Crippen LogP contribution in [0.15, 0.2) is 51.0 Å². The molecule has 0 saturated carbocycles. The zero-order valence-corrected chi connectivity index (χ0v) is 16.5. The average molecular weight is 454 g/mol. The Morgan fingerprint density at radius 2 is 2.15 bits per heavy atom. The molecule has 0 fully saturated rings. The molecular weight excluding hydrogens is 443 g/mol. The monoisotopic (exact) mass is 452 g/mol. The SMILES string of the molecule is CSC1=NN2C(=c3cc(Br)ccc3=N[C@@H]2c2c(F)cccc2Cl)C(=O)N1. The van der Waals surface area contributed by atoms with E-state index in [4.69, 9.17) is 11.6 Å². The van der Waals surface area contributed by atoms with E-state index >= 15 is 0 Å². The highest BCUT2D eigenvalue weighted by atomic mass is 79.9. The second kappa shape index (κ2) is 6.68. The van der Waals surface area contributed by atoms with Gasteiger partial charge in [-0.3, -0.25) is 15.1 Å². The van der Waals surface area contributed by atoms with Crippen LogP contribution in [0.25, 0.3) is 5.70 Å². The second-order valence-corrected chi connectivity index (χ2v) is 7.67. The first kappa shape index (κ1) is 17.5. The van der Waals surface area contributed by atoms with Crippen LogP contribution < -0.4 is 15.9 Å². The molecule has 2 aromatic carbocycles. The Morgan fingerprint density at radius 3 is 2.88 bits per heavy atom. The molecule has 2 aromatic rings. The van der Waals surface area contributed by atoms with Crippen LogP contribution in [-0.2, 0) is 4.79 Å². The summed E-state index contributed by atoms with van der Waals surface area (Å²) in [4.78, 5) is 17.4. The van der Waals surface area contributed by atoms with Crippen molar-refractivity contribution in [2.75, 3.05) is 6.26 Å². The largest absolute Gasteiger partial charge is 0.298 e. The maximum atomic E-state index is 14.6. The molecule has 0 unspecified atom stereocenters. The van der Waals surface area contributed by atoms with E-state index in [1.807, 2.05) is 6.07 Å². The summed E-state index contributed by atoms with van der Waals surface area (Å²) in [6.07, 6.45) is 0.918. The first-order valence-electron chi connectivity index (χ1n) is 7.54. The van der Waals surface area contributed by atoms with Crippen molar-refractivity contribution in [2.45, 2.75) is 6.17 Å². The molecule has 2 heterocycles. The molecular formula is C17H11BrClFN4OS. The topological polar surface area (TPSA) is 57.1 Å². The van der Waals surface area contributed by atoms with Crippen LogP contribution in [0.5, 0.6) is 0 Å². The number of carbonyl (C=O) groups excluding carboxylic acids is 1. The molecule has 9 heteroatoms. The lowest BCUT2D eigenvalue weighted by Gasteiger charge is -2.34. The van der Waals surface area contributed by atoms with Crippen LogP contribution in [-0.4, -0.2) is 22.3 Å². The van der Waals surface area contributed by atoms with E-state index in [9.17, 15) is 9.18 Å². The molecule has 0 aromatic heterocycles. The number of nitrogens with zero attached hydrogens (tertiary/aromatic N) is 3. The molecule has 0 radical (unpaired) electrons. The summed E-state index contributed by atoms with van der Waals surface area (Å²) in [7, 11) is 0. The number of hydrogen-bond acceptors (Lipinski definition) is 5. The lowest BCUT2D eigenvalue weighted by Crippen LogP contribution is -2.50. The molecule has 4 rings (SSSR count). The van der Waals surface area contributed by atoms with E-state index in [1.54, 1.807) is 24.5 Å². The number of hydrazone groups is 1. The molecule has 0 spiro atoms. The highest BCUT2D eigenvalue weighted by molar-refractivity contribution is 9.10. The lowest BCUT2D eigenvalue weighted by molar-refractivity contribution is -0.116. The maximum Gasteiger partial charge on any atom is 0.276 e. The van der Waals surface area contributed by atoms with Crippen LogP contribution in [0, 0.1) is 5.82 Å². The Hall–Kier alpha value is -1.90. The lowest BCUT2D eigenvalue weighted by atomic mass is 10.1. The predicted octanol–water partition coefficient (Wildman–Crippen LogP) is 2.75. The maximum absolute atomic E-state index is 14.6. The van der Waals surface area contributed by atoms with Gasteiger partial charge in [0.2, 0.25) is 0 Å². The van der Waals surface area contributed by atoms with Gasteiger partial charge in [0.05, 0.1) is 15.9 Å². The third kappa shape index (κ3) is 2.82. The van der Waals surface area contributed by atoms with Gasteiger partial charge in [-0.1, -0.05) is 45.4 Å². The van der Waals surface area contributed by atoms with E-state index in [0.29, 0.717) is 21.4 Å². The number of nitrogens with one attached hydrogen (secondary N) is 1. The zero-order chi connectivity index (χ0) is 18.4. The highest BCUT2D eigenvalue weighted by Crippen LogP contribution is 2.35. The summed E-state index contributed by atoms with van der Waals surface area (Å²) >= 11 is 10.9. The summed E-state index contributed by atoms with van der Waals surface area (Å²) in [5, 5.41) is 10.4. The number of hydrogen-bond donors (Lipinski definition) is 1. The predicted molar refractivity (Wildman–Crippen MR) is 103 cm³/mol. The number of halogens is 3. The van der Waals surface area contributed by atoms with Crippen molar-refractivity contribution in [1.29, 1.82) is 0 Å². The van der Waals surface area contributed by atoms with E-state index in [-0.39, 0.29) is 16.5 Å². The van der Waals surface area contributed by atoms with Crippen LogP contribution in [0.1, 0.15) is 11.7 Å². The molecule has 5 nitrogen and oxygen atoms in total. The number of thioether (sulfide) groups is 1. The van der Waals surface area contributed by atoms with Crippen molar-refractivity contribution >= 4 is 56.1 Å². The Bertz CT molecular complexity index is 1070. The smallest absolute Gasteiger partial charge is 0.276 e. The molecule has 26 heavy (non-hydrogen) atoms. The normalized spacial score (nSPS) is 18.5. The van der Waals surface area contributed by atoms with Crippen LogP contribution in [0.4, 0.5) is 4.39 Å². The summed E-state index contributed by atoms with van der Waals surface area (Å²) in [6.45, 7) is 0. The summed E-state index contributed by atoms with van der Waals surface area (Å²) in [5.74, 6) is -0.825. The second-order valence-electron chi connectivity index (χ2n) is 5.56. The van der Waals surface area contributed by atoms with Crippen molar-refractivity contribution in [2.24, 2.45) is 10.1 Å². The summed E-state index contributed by atoms with van der Waals surface area (Å²) < 4.78 is 15.4. The molecule has 0 saturated heterocycles. The molecule has 1 atom stereocenters. The van der Waals surface area contributed by atoms with Gasteiger partial charge in [0.25, 0.3) is 5.91 Å². The molecule has 0 bridgehead atoms. The molecule has 2 aliphatic heterocycles. The number of amidine groups is 1. The van der Waals surface area contributed by atoms with E-state index in [0.717, 1.165) is 4.47 Å². The third-order valence-corrected chi connectivity index (χ3v) is 5.41. The molecule has 1 N–H and O–H groups in total. The van der Waals surface area contributed by atoms with Crippen molar-refractivity contribution in [1.82, 2.24) is 10.3 Å². The third-order valence-electron chi connectivity index (χ3n) is 4.02. The van der Waals surface area contributed by atoms with Crippen LogP contribution in [0.2, 0.25) is 5.02 Å². The summed E-state index contributed by atoms with van der Waals surface area (Å²) in [5.41, 5.74) is 0.484. The van der Waals surface area contributed by atoms with Crippen molar-refractivity contribution in [3.8, 4) is 0 Å². The fourth-order valence-corrected chi connectivity index (χ4v) is 3.87. The highest BCUT2D eigenvalue weighted by Gasteiger charge is 2.36. The van der Waals surface area contributed by atoms with Crippen molar-refractivity contribution in [3.05, 3.63) is 67.9 Å². The fourth-order valence-electron chi connectivity index (χ4n) is 2.89. The quantitative estimate of drug-likeness (QED) is 0.722. The Kier molecular flexibility index (Phi) is 4.50. The fraction of sp³-hybridized carbons (Fsp3) is 0.118. The minimum Gasteiger partial charge on any atom is -0.298 e.